The number of benzene rings is 1. The summed E-state index contributed by atoms with van der Waals surface area (Å²) >= 11 is 0. The summed E-state index contributed by atoms with van der Waals surface area (Å²) in [4.78, 5) is 23.5. The van der Waals surface area contributed by atoms with Crippen molar-refractivity contribution in [3.8, 4) is 0 Å². The van der Waals surface area contributed by atoms with E-state index >= 15 is 0 Å². The molecule has 0 unspecified atom stereocenters. The number of anilines is 1. The van der Waals surface area contributed by atoms with E-state index in [1.54, 1.807) is 0 Å². The third kappa shape index (κ3) is 4.21. The van der Waals surface area contributed by atoms with Crippen LogP contribution < -0.4 is 16.0 Å². The van der Waals surface area contributed by atoms with Gasteiger partial charge in [0, 0.05) is 36.8 Å². The van der Waals surface area contributed by atoms with Crippen molar-refractivity contribution in [2.24, 2.45) is 5.92 Å². The van der Waals surface area contributed by atoms with Gasteiger partial charge in [-0.1, -0.05) is 13.8 Å². The summed E-state index contributed by atoms with van der Waals surface area (Å²) in [5.74, 6) is -0.125. The minimum absolute atomic E-state index is 0.00380. The molecule has 0 saturated carbocycles. The summed E-state index contributed by atoms with van der Waals surface area (Å²) in [5.41, 5.74) is 3.00. The van der Waals surface area contributed by atoms with Crippen LogP contribution in [0.2, 0.25) is 0 Å². The minimum atomic E-state index is -0.0952. The van der Waals surface area contributed by atoms with Gasteiger partial charge in [-0.05, 0) is 36.6 Å². The van der Waals surface area contributed by atoms with E-state index in [-0.39, 0.29) is 17.7 Å². The molecule has 0 fully saturated rings. The fraction of sp³-hybridized carbons (Fsp3) is 0.500. The van der Waals surface area contributed by atoms with Gasteiger partial charge >= 0.3 is 0 Å². The molecule has 0 bridgehead atoms. The van der Waals surface area contributed by atoms with Crippen LogP contribution in [-0.2, 0) is 11.2 Å². The Morgan fingerprint density at radius 3 is 2.76 bits per heavy atom. The van der Waals surface area contributed by atoms with E-state index in [1.807, 2.05) is 32.0 Å². The Labute approximate surface area is 125 Å². The quantitative estimate of drug-likeness (QED) is 0.720. The molecule has 2 rings (SSSR count). The van der Waals surface area contributed by atoms with Gasteiger partial charge in [0.05, 0.1) is 0 Å². The Morgan fingerprint density at radius 1 is 1.24 bits per heavy atom. The van der Waals surface area contributed by atoms with Gasteiger partial charge < -0.3 is 16.0 Å². The standard InChI is InChI=1S/C16H23N3O2/c1-11(2)15(20)18-8-9-19-16(21)13-5-6-14-12(10-13)4-3-7-17-14/h5-6,10-11,17H,3-4,7-9H2,1-2H3,(H,18,20)(H,19,21). The molecule has 21 heavy (non-hydrogen) atoms. The summed E-state index contributed by atoms with van der Waals surface area (Å²) < 4.78 is 0. The van der Waals surface area contributed by atoms with Crippen LogP contribution in [-0.4, -0.2) is 31.4 Å². The van der Waals surface area contributed by atoms with Gasteiger partial charge in [-0.15, -0.1) is 0 Å². The maximum Gasteiger partial charge on any atom is 0.251 e. The Kier molecular flexibility index (Phi) is 5.20. The zero-order chi connectivity index (χ0) is 15.2. The topological polar surface area (TPSA) is 70.2 Å². The lowest BCUT2D eigenvalue weighted by atomic mass is 10.0. The van der Waals surface area contributed by atoms with E-state index in [0.717, 1.165) is 25.1 Å². The summed E-state index contributed by atoms with van der Waals surface area (Å²) in [6.07, 6.45) is 2.10. The van der Waals surface area contributed by atoms with Crippen molar-refractivity contribution < 1.29 is 9.59 Å². The lowest BCUT2D eigenvalue weighted by molar-refractivity contribution is -0.123. The third-order valence-electron chi connectivity index (χ3n) is 3.54. The van der Waals surface area contributed by atoms with Gasteiger partial charge in [-0.3, -0.25) is 9.59 Å². The number of aryl methyl sites for hydroxylation is 1. The van der Waals surface area contributed by atoms with Crippen LogP contribution >= 0.6 is 0 Å². The first-order valence-electron chi connectivity index (χ1n) is 7.50. The van der Waals surface area contributed by atoms with Gasteiger partial charge in [-0.25, -0.2) is 0 Å². The number of hydrogen-bond acceptors (Lipinski definition) is 3. The molecule has 0 saturated heterocycles. The highest BCUT2D eigenvalue weighted by atomic mass is 16.2. The highest BCUT2D eigenvalue weighted by molar-refractivity contribution is 5.95. The van der Waals surface area contributed by atoms with Crippen molar-refractivity contribution in [3.05, 3.63) is 29.3 Å². The maximum absolute atomic E-state index is 12.1. The molecule has 5 nitrogen and oxygen atoms in total. The van der Waals surface area contributed by atoms with E-state index in [4.69, 9.17) is 0 Å². The SMILES string of the molecule is CC(C)C(=O)NCCNC(=O)c1ccc2c(c1)CCCN2. The number of nitrogens with one attached hydrogen (secondary N) is 3. The van der Waals surface area contributed by atoms with Crippen LogP contribution in [0.3, 0.4) is 0 Å². The van der Waals surface area contributed by atoms with Crippen molar-refractivity contribution in [1.82, 2.24) is 10.6 Å². The number of rotatable bonds is 5. The summed E-state index contributed by atoms with van der Waals surface area (Å²) in [6, 6.07) is 5.74. The van der Waals surface area contributed by atoms with E-state index in [2.05, 4.69) is 16.0 Å². The van der Waals surface area contributed by atoms with Crippen LogP contribution in [0.15, 0.2) is 18.2 Å². The summed E-state index contributed by atoms with van der Waals surface area (Å²) in [6.45, 7) is 5.57. The number of carbonyl (C=O) groups excluding carboxylic acids is 2. The first-order valence-corrected chi connectivity index (χ1v) is 7.50. The molecule has 0 radical (unpaired) electrons. The summed E-state index contributed by atoms with van der Waals surface area (Å²) in [7, 11) is 0. The Bertz CT molecular complexity index is 526. The van der Waals surface area contributed by atoms with E-state index in [9.17, 15) is 9.59 Å². The van der Waals surface area contributed by atoms with Crippen LogP contribution in [0.5, 0.6) is 0 Å². The predicted molar refractivity (Wildman–Crippen MR) is 83.4 cm³/mol. The fourth-order valence-corrected chi connectivity index (χ4v) is 2.28. The first-order chi connectivity index (χ1) is 10.1. The molecule has 0 spiro atoms. The predicted octanol–water partition coefficient (Wildman–Crippen LogP) is 1.55. The first kappa shape index (κ1) is 15.4. The number of amides is 2. The lowest BCUT2D eigenvalue weighted by Crippen LogP contribution is -2.36. The Balaban J connectivity index is 1.82. The second kappa shape index (κ2) is 7.11. The fourth-order valence-electron chi connectivity index (χ4n) is 2.28. The number of fused-ring (bicyclic) bond motifs is 1. The molecule has 0 aliphatic carbocycles. The molecule has 1 aliphatic rings. The largest absolute Gasteiger partial charge is 0.385 e. The molecule has 3 N–H and O–H groups in total. The van der Waals surface area contributed by atoms with Gasteiger partial charge in [-0.2, -0.15) is 0 Å². The van der Waals surface area contributed by atoms with Crippen molar-refractivity contribution in [3.63, 3.8) is 0 Å². The minimum Gasteiger partial charge on any atom is -0.385 e. The molecule has 5 heteroatoms. The molecule has 1 aliphatic heterocycles. The van der Waals surface area contributed by atoms with Gasteiger partial charge in [0.1, 0.15) is 0 Å². The molecule has 1 heterocycles. The van der Waals surface area contributed by atoms with E-state index < -0.39 is 0 Å². The van der Waals surface area contributed by atoms with Crippen molar-refractivity contribution in [2.45, 2.75) is 26.7 Å². The molecular weight excluding hydrogens is 266 g/mol. The second-order valence-electron chi connectivity index (χ2n) is 5.60. The molecule has 0 aromatic heterocycles. The highest BCUT2D eigenvalue weighted by Crippen LogP contribution is 2.22. The lowest BCUT2D eigenvalue weighted by Gasteiger charge is -2.18. The third-order valence-corrected chi connectivity index (χ3v) is 3.54. The zero-order valence-corrected chi connectivity index (χ0v) is 12.7. The molecule has 2 amide bonds. The average molecular weight is 289 g/mol. The van der Waals surface area contributed by atoms with Gasteiger partial charge in [0.25, 0.3) is 5.91 Å². The number of hydrogen-bond donors (Lipinski definition) is 3. The second-order valence-corrected chi connectivity index (χ2v) is 5.60. The Morgan fingerprint density at radius 2 is 2.00 bits per heavy atom. The van der Waals surface area contributed by atoms with E-state index in [1.165, 1.54) is 5.56 Å². The smallest absolute Gasteiger partial charge is 0.251 e. The van der Waals surface area contributed by atoms with Crippen LogP contribution in [0.4, 0.5) is 5.69 Å². The monoisotopic (exact) mass is 289 g/mol. The molecule has 114 valence electrons. The van der Waals surface area contributed by atoms with Crippen LogP contribution in [0.25, 0.3) is 0 Å². The van der Waals surface area contributed by atoms with Crippen molar-refractivity contribution >= 4 is 17.5 Å². The van der Waals surface area contributed by atoms with Crippen molar-refractivity contribution in [2.75, 3.05) is 25.0 Å². The van der Waals surface area contributed by atoms with Gasteiger partial charge in [0.15, 0.2) is 0 Å². The molecule has 0 atom stereocenters. The molecule has 1 aromatic rings. The molecular formula is C16H23N3O2. The number of carbonyl (C=O) groups is 2. The van der Waals surface area contributed by atoms with Crippen LogP contribution in [0, 0.1) is 5.92 Å². The van der Waals surface area contributed by atoms with Crippen molar-refractivity contribution in [1.29, 1.82) is 0 Å². The van der Waals surface area contributed by atoms with Crippen LogP contribution in [0.1, 0.15) is 36.2 Å². The maximum atomic E-state index is 12.1. The van der Waals surface area contributed by atoms with E-state index in [0.29, 0.717) is 18.7 Å². The van der Waals surface area contributed by atoms with Gasteiger partial charge in [0.2, 0.25) is 5.91 Å². The zero-order valence-electron chi connectivity index (χ0n) is 12.7. The highest BCUT2D eigenvalue weighted by Gasteiger charge is 2.12. The summed E-state index contributed by atoms with van der Waals surface area (Å²) in [5, 5.41) is 8.93. The molecule has 1 aromatic carbocycles. The Hall–Kier alpha value is -2.04. The normalized spacial score (nSPS) is 13.3. The average Bonchev–Trinajstić information content (AvgIpc) is 2.50.